The highest BCUT2D eigenvalue weighted by Crippen LogP contribution is 1.93. The number of amidine groups is 1. The molecular weight excluding hydrogens is 140 g/mol. The van der Waals surface area contributed by atoms with E-state index in [2.05, 4.69) is 14.7 Å². The highest BCUT2D eigenvalue weighted by atomic mass is 16.7. The average molecular weight is 144 g/mol. The van der Waals surface area contributed by atoms with Crippen molar-refractivity contribution in [2.24, 2.45) is 15.7 Å². The molecule has 1 heterocycles. The zero-order valence-electron chi connectivity index (χ0n) is 4.80. The highest BCUT2D eigenvalue weighted by molar-refractivity contribution is 5.76. The molecule has 54 valence electrons. The van der Waals surface area contributed by atoms with Crippen LogP contribution in [0, 0.1) is 10.1 Å². The van der Waals surface area contributed by atoms with E-state index in [1.807, 2.05) is 0 Å². The van der Waals surface area contributed by atoms with Gasteiger partial charge in [0.05, 0.1) is 0 Å². The Balaban J connectivity index is 2.71. The first-order chi connectivity index (χ1) is 4.70. The quantitative estimate of drug-likeness (QED) is 0.345. The molecule has 0 aromatic carbocycles. The second kappa shape index (κ2) is 2.40. The summed E-state index contributed by atoms with van der Waals surface area (Å²) in [5.41, 5.74) is 5.09. The molecule has 1 aliphatic rings. The van der Waals surface area contributed by atoms with Crippen LogP contribution in [0.1, 0.15) is 0 Å². The summed E-state index contributed by atoms with van der Waals surface area (Å²) < 4.78 is 4.29. The molecule has 1 unspecified atom stereocenters. The summed E-state index contributed by atoms with van der Waals surface area (Å²) in [6.07, 6.45) is -0.00958. The molecule has 0 spiro atoms. The second-order valence-electron chi connectivity index (χ2n) is 1.45. The molecular formula is C3H4N4O3. The molecule has 1 atom stereocenters. The average Bonchev–Trinajstić information content (AvgIpc) is 1.88. The summed E-state index contributed by atoms with van der Waals surface area (Å²) in [6, 6.07) is -0.623. The van der Waals surface area contributed by atoms with Crippen molar-refractivity contribution in [2.75, 3.05) is 0 Å². The van der Waals surface area contributed by atoms with E-state index >= 15 is 0 Å². The Morgan fingerprint density at radius 1 is 1.90 bits per heavy atom. The molecule has 0 fully saturated rings. The lowest BCUT2D eigenvalue weighted by molar-refractivity contribution is -0.370. The van der Waals surface area contributed by atoms with Crippen molar-refractivity contribution in [1.29, 1.82) is 0 Å². The predicted molar refractivity (Wildman–Crippen MR) is 32.0 cm³/mol. The number of nitrogens with zero attached hydrogens (tertiary/aromatic N) is 3. The fraction of sp³-hybridized carbons (Fsp3) is 0.333. The SMILES string of the molecule is NC1N=COC([N+](=O)[O-])=N1. The van der Waals surface area contributed by atoms with E-state index in [-0.39, 0.29) is 0 Å². The molecule has 0 aromatic heterocycles. The first-order valence-corrected chi connectivity index (χ1v) is 2.36. The molecule has 7 nitrogen and oxygen atoms in total. The van der Waals surface area contributed by atoms with Crippen LogP contribution in [0.3, 0.4) is 0 Å². The maximum Gasteiger partial charge on any atom is 0.544 e. The number of ether oxygens (including phenoxy) is 1. The van der Waals surface area contributed by atoms with E-state index in [0.29, 0.717) is 0 Å². The van der Waals surface area contributed by atoms with Gasteiger partial charge in [0.1, 0.15) is 0 Å². The number of nitro groups is 1. The smallest absolute Gasteiger partial charge is 0.374 e. The minimum atomic E-state index is -0.908. The van der Waals surface area contributed by atoms with Crippen LogP contribution in [-0.2, 0) is 4.74 Å². The molecule has 1 aliphatic heterocycles. The Morgan fingerprint density at radius 3 is 3.00 bits per heavy atom. The summed E-state index contributed by atoms with van der Waals surface area (Å²) >= 11 is 0. The molecule has 0 saturated heterocycles. The van der Waals surface area contributed by atoms with Crippen molar-refractivity contribution in [1.82, 2.24) is 0 Å². The predicted octanol–water partition coefficient (Wildman–Crippen LogP) is -1.08. The molecule has 2 N–H and O–H groups in total. The van der Waals surface area contributed by atoms with Crippen LogP contribution in [-0.4, -0.2) is 23.6 Å². The van der Waals surface area contributed by atoms with Gasteiger partial charge in [0, 0.05) is 9.92 Å². The van der Waals surface area contributed by atoms with E-state index in [1.54, 1.807) is 0 Å². The molecule has 0 saturated carbocycles. The Labute approximate surface area is 55.4 Å². The number of hydrogen-bond acceptors (Lipinski definition) is 6. The standard InChI is InChI=1S/C3H4N4O3/c4-2-5-1-10-3(6-2)7(8)9/h1-2H,4H2. The third-order valence-electron chi connectivity index (χ3n) is 0.771. The summed E-state index contributed by atoms with van der Waals surface area (Å²) in [7, 11) is 0. The fourth-order valence-corrected chi connectivity index (χ4v) is 0.407. The van der Waals surface area contributed by atoms with Gasteiger partial charge in [0.25, 0.3) is 6.29 Å². The monoisotopic (exact) mass is 144 g/mol. The van der Waals surface area contributed by atoms with E-state index in [9.17, 15) is 10.1 Å². The largest absolute Gasteiger partial charge is 0.544 e. The lowest BCUT2D eigenvalue weighted by atomic mass is 10.8. The Morgan fingerprint density at radius 2 is 2.60 bits per heavy atom. The first-order valence-electron chi connectivity index (χ1n) is 2.36. The van der Waals surface area contributed by atoms with E-state index < -0.39 is 17.2 Å². The van der Waals surface area contributed by atoms with Crippen molar-refractivity contribution in [3.63, 3.8) is 0 Å². The van der Waals surface area contributed by atoms with Crippen molar-refractivity contribution >= 4 is 12.4 Å². The lowest BCUT2D eigenvalue weighted by Gasteiger charge is -2.01. The number of hydrogen-bond donors (Lipinski definition) is 1. The van der Waals surface area contributed by atoms with Gasteiger partial charge in [0.2, 0.25) is 0 Å². The Kier molecular flexibility index (Phi) is 1.59. The lowest BCUT2D eigenvalue weighted by Crippen LogP contribution is -2.27. The molecule has 1 rings (SSSR count). The Bertz CT molecular complexity index is 210. The van der Waals surface area contributed by atoms with Crippen molar-refractivity contribution in [3.05, 3.63) is 10.1 Å². The highest BCUT2D eigenvalue weighted by Gasteiger charge is 2.20. The van der Waals surface area contributed by atoms with Crippen LogP contribution < -0.4 is 5.73 Å². The number of rotatable bonds is 0. The third kappa shape index (κ3) is 1.26. The van der Waals surface area contributed by atoms with Crippen molar-refractivity contribution in [3.8, 4) is 0 Å². The number of aliphatic imine (C=N–C) groups is 2. The van der Waals surface area contributed by atoms with Gasteiger partial charge in [-0.1, -0.05) is 0 Å². The van der Waals surface area contributed by atoms with E-state index in [1.165, 1.54) is 0 Å². The maximum absolute atomic E-state index is 9.93. The summed E-state index contributed by atoms with van der Waals surface area (Å²) in [6.45, 7) is 0. The van der Waals surface area contributed by atoms with Crippen LogP contribution in [0.15, 0.2) is 9.98 Å². The molecule has 0 aliphatic carbocycles. The molecule has 10 heavy (non-hydrogen) atoms. The maximum atomic E-state index is 9.93. The van der Waals surface area contributed by atoms with Gasteiger partial charge in [-0.3, -0.25) is 5.73 Å². The molecule has 0 aromatic rings. The summed E-state index contributed by atoms with van der Waals surface area (Å²) in [5, 5.41) is 9.93. The van der Waals surface area contributed by atoms with E-state index in [0.717, 1.165) is 6.40 Å². The van der Waals surface area contributed by atoms with Gasteiger partial charge >= 0.3 is 6.02 Å². The van der Waals surface area contributed by atoms with Crippen molar-refractivity contribution in [2.45, 2.75) is 6.29 Å². The van der Waals surface area contributed by atoms with Gasteiger partial charge in [-0.05, 0) is 0 Å². The van der Waals surface area contributed by atoms with Crippen LogP contribution in [0.25, 0.3) is 0 Å². The third-order valence-corrected chi connectivity index (χ3v) is 0.771. The van der Waals surface area contributed by atoms with Gasteiger partial charge < -0.3 is 14.9 Å². The zero-order valence-corrected chi connectivity index (χ0v) is 4.80. The van der Waals surface area contributed by atoms with Crippen LogP contribution >= 0.6 is 0 Å². The number of nitrogens with two attached hydrogens (primary N) is 1. The zero-order chi connectivity index (χ0) is 7.56. The fourth-order valence-electron chi connectivity index (χ4n) is 0.407. The molecule has 7 heteroatoms. The Hall–Kier alpha value is -1.50. The van der Waals surface area contributed by atoms with Gasteiger partial charge in [0.15, 0.2) is 6.40 Å². The van der Waals surface area contributed by atoms with Gasteiger partial charge in [-0.15, -0.1) is 0 Å². The second-order valence-corrected chi connectivity index (χ2v) is 1.45. The summed E-state index contributed by atoms with van der Waals surface area (Å²) in [4.78, 5) is 15.8. The van der Waals surface area contributed by atoms with Crippen LogP contribution in [0.4, 0.5) is 0 Å². The molecule has 0 radical (unpaired) electrons. The first kappa shape index (κ1) is 6.62. The van der Waals surface area contributed by atoms with Crippen LogP contribution in [0.5, 0.6) is 0 Å². The van der Waals surface area contributed by atoms with Crippen LogP contribution in [0.2, 0.25) is 0 Å². The summed E-state index contributed by atoms with van der Waals surface area (Å²) in [5.74, 6) is 0. The van der Waals surface area contributed by atoms with Gasteiger partial charge in [-0.2, -0.15) is 4.99 Å². The normalized spacial score (nSPS) is 23.3. The molecule has 0 bridgehead atoms. The van der Waals surface area contributed by atoms with Gasteiger partial charge in [-0.25, -0.2) is 0 Å². The molecule has 0 amide bonds. The van der Waals surface area contributed by atoms with E-state index in [4.69, 9.17) is 5.73 Å². The minimum Gasteiger partial charge on any atom is -0.374 e. The van der Waals surface area contributed by atoms with Crippen molar-refractivity contribution < 1.29 is 9.66 Å². The minimum absolute atomic E-state index is 0.623. The topological polar surface area (TPSA) is 103 Å².